The van der Waals surface area contributed by atoms with Crippen molar-refractivity contribution in [3.05, 3.63) is 71.5 Å². The lowest BCUT2D eigenvalue weighted by Gasteiger charge is -2.15. The second kappa shape index (κ2) is 10.6. The van der Waals surface area contributed by atoms with Gasteiger partial charge in [-0.05, 0) is 82.4 Å². The van der Waals surface area contributed by atoms with Crippen molar-refractivity contribution in [3.8, 4) is 5.75 Å². The van der Waals surface area contributed by atoms with Gasteiger partial charge in [0.1, 0.15) is 5.75 Å². The van der Waals surface area contributed by atoms with E-state index in [1.807, 2.05) is 13.8 Å². The van der Waals surface area contributed by atoms with Gasteiger partial charge in [-0.3, -0.25) is 10.1 Å². The average molecular weight is 500 g/mol. The molecule has 3 rings (SSSR count). The highest BCUT2D eigenvalue weighted by Crippen LogP contribution is 2.20. The van der Waals surface area contributed by atoms with Crippen LogP contribution in [0.15, 0.2) is 59.5 Å². The van der Waals surface area contributed by atoms with Crippen molar-refractivity contribution in [2.45, 2.75) is 38.7 Å². The summed E-state index contributed by atoms with van der Waals surface area (Å²) < 4.78 is 33.4. The minimum Gasteiger partial charge on any atom is -0.490 e. The van der Waals surface area contributed by atoms with E-state index in [1.54, 1.807) is 44.2 Å². The number of para-hydroxylation sites is 1. The molecule has 2 aromatic carbocycles. The van der Waals surface area contributed by atoms with Gasteiger partial charge in [-0.1, -0.05) is 12.1 Å². The number of benzene rings is 2. The molecule has 0 radical (unpaired) electrons. The first kappa shape index (κ1) is 25.1. The molecule has 0 saturated carbocycles. The SMILES string of the molecule is Cc1cc(C)nc(NS(=O)(=O)c2ccc(NC(=S)NC(=O)c3ccccc3OC(C)C)cc2)n1. The predicted octanol–water partition coefficient (Wildman–Crippen LogP) is 3.81. The lowest BCUT2D eigenvalue weighted by Crippen LogP contribution is -2.34. The van der Waals surface area contributed by atoms with Crippen LogP contribution in [-0.2, 0) is 10.0 Å². The van der Waals surface area contributed by atoms with Crippen molar-refractivity contribution < 1.29 is 17.9 Å². The Morgan fingerprint density at radius 1 is 1.00 bits per heavy atom. The molecule has 1 aromatic heterocycles. The van der Waals surface area contributed by atoms with Gasteiger partial charge < -0.3 is 10.1 Å². The number of ether oxygens (including phenoxy) is 1. The Hall–Kier alpha value is -3.57. The number of carbonyl (C=O) groups is 1. The normalized spacial score (nSPS) is 11.1. The fourth-order valence-electron chi connectivity index (χ4n) is 3.01. The van der Waals surface area contributed by atoms with E-state index in [-0.39, 0.29) is 22.1 Å². The van der Waals surface area contributed by atoms with Gasteiger partial charge in [0.25, 0.3) is 15.9 Å². The first-order valence-corrected chi connectivity index (χ1v) is 12.3. The minimum absolute atomic E-state index is 0.00493. The lowest BCUT2D eigenvalue weighted by atomic mass is 10.2. The molecule has 0 saturated heterocycles. The van der Waals surface area contributed by atoms with Crippen molar-refractivity contribution in [2.75, 3.05) is 10.0 Å². The summed E-state index contributed by atoms with van der Waals surface area (Å²) in [5.41, 5.74) is 2.15. The van der Waals surface area contributed by atoms with Crippen molar-refractivity contribution in [2.24, 2.45) is 0 Å². The van der Waals surface area contributed by atoms with Crippen LogP contribution in [0.3, 0.4) is 0 Å². The number of aryl methyl sites for hydroxylation is 2. The molecular weight excluding hydrogens is 474 g/mol. The van der Waals surface area contributed by atoms with Gasteiger partial charge >= 0.3 is 0 Å². The van der Waals surface area contributed by atoms with E-state index >= 15 is 0 Å². The second-order valence-electron chi connectivity index (χ2n) is 7.68. The first-order chi connectivity index (χ1) is 16.0. The smallest absolute Gasteiger partial charge is 0.264 e. The summed E-state index contributed by atoms with van der Waals surface area (Å²) in [4.78, 5) is 20.9. The fraction of sp³-hybridized carbons (Fsp3) is 0.217. The van der Waals surface area contributed by atoms with Crippen molar-refractivity contribution in [1.82, 2.24) is 15.3 Å². The highest BCUT2D eigenvalue weighted by molar-refractivity contribution is 7.92. The molecular formula is C23H25N5O4S2. The van der Waals surface area contributed by atoms with Crippen LogP contribution in [0.2, 0.25) is 0 Å². The molecule has 0 unspecified atom stereocenters. The number of aromatic nitrogens is 2. The van der Waals surface area contributed by atoms with E-state index in [0.717, 1.165) is 0 Å². The average Bonchev–Trinajstić information content (AvgIpc) is 2.73. The lowest BCUT2D eigenvalue weighted by molar-refractivity contribution is 0.0972. The maximum Gasteiger partial charge on any atom is 0.264 e. The molecule has 0 aliphatic heterocycles. The Morgan fingerprint density at radius 3 is 2.24 bits per heavy atom. The third kappa shape index (κ3) is 6.72. The molecule has 3 N–H and O–H groups in total. The third-order valence-electron chi connectivity index (χ3n) is 4.35. The molecule has 0 aliphatic rings. The highest BCUT2D eigenvalue weighted by atomic mass is 32.2. The zero-order valence-corrected chi connectivity index (χ0v) is 20.8. The largest absolute Gasteiger partial charge is 0.490 e. The molecule has 9 nitrogen and oxygen atoms in total. The molecule has 3 aromatic rings. The van der Waals surface area contributed by atoms with E-state index in [0.29, 0.717) is 28.4 Å². The van der Waals surface area contributed by atoms with E-state index in [1.165, 1.54) is 24.3 Å². The topological polar surface area (TPSA) is 122 Å². The monoisotopic (exact) mass is 499 g/mol. The molecule has 0 bridgehead atoms. The maximum atomic E-state index is 12.7. The zero-order chi connectivity index (χ0) is 24.9. The summed E-state index contributed by atoms with van der Waals surface area (Å²) in [6, 6.07) is 14.5. The number of hydrogen-bond donors (Lipinski definition) is 3. The quantitative estimate of drug-likeness (QED) is 0.420. The first-order valence-electron chi connectivity index (χ1n) is 10.4. The Morgan fingerprint density at radius 2 is 1.62 bits per heavy atom. The van der Waals surface area contributed by atoms with Crippen LogP contribution in [0.5, 0.6) is 5.75 Å². The highest BCUT2D eigenvalue weighted by Gasteiger charge is 2.17. The molecule has 1 amide bonds. The zero-order valence-electron chi connectivity index (χ0n) is 19.1. The van der Waals surface area contributed by atoms with Gasteiger partial charge in [0.2, 0.25) is 5.95 Å². The molecule has 178 valence electrons. The number of hydrogen-bond acceptors (Lipinski definition) is 7. The van der Waals surface area contributed by atoms with Crippen molar-refractivity contribution in [1.29, 1.82) is 0 Å². The number of nitrogens with zero attached hydrogens (tertiary/aromatic N) is 2. The standard InChI is InChI=1S/C23H25N5O4S2/c1-14(2)32-20-8-6-5-7-19(20)21(29)27-23(33)26-17-9-11-18(12-10-17)34(30,31)28-22-24-15(3)13-16(4)25-22/h5-14H,1-4H3,(H,24,25,28)(H2,26,27,29,33). The fourth-order valence-corrected chi connectivity index (χ4v) is 4.17. The number of rotatable bonds is 7. The summed E-state index contributed by atoms with van der Waals surface area (Å²) in [6.45, 7) is 7.25. The molecule has 0 atom stereocenters. The van der Waals surface area contributed by atoms with Gasteiger partial charge in [0, 0.05) is 17.1 Å². The van der Waals surface area contributed by atoms with E-state index in [2.05, 4.69) is 25.3 Å². The van der Waals surface area contributed by atoms with Crippen molar-refractivity contribution in [3.63, 3.8) is 0 Å². The molecule has 0 spiro atoms. The van der Waals surface area contributed by atoms with Gasteiger partial charge in [-0.25, -0.2) is 23.1 Å². The molecule has 0 aliphatic carbocycles. The van der Waals surface area contributed by atoms with Crippen molar-refractivity contribution >= 4 is 44.9 Å². The summed E-state index contributed by atoms with van der Waals surface area (Å²) >= 11 is 5.23. The number of carbonyl (C=O) groups excluding carboxylic acids is 1. The van der Waals surface area contributed by atoms with E-state index < -0.39 is 15.9 Å². The van der Waals surface area contributed by atoms with Gasteiger partial charge in [-0.15, -0.1) is 0 Å². The van der Waals surface area contributed by atoms with Crippen LogP contribution in [-0.4, -0.2) is 35.5 Å². The van der Waals surface area contributed by atoms with Crippen LogP contribution < -0.4 is 20.1 Å². The minimum atomic E-state index is -3.88. The van der Waals surface area contributed by atoms with Crippen LogP contribution in [0.4, 0.5) is 11.6 Å². The predicted molar refractivity (Wildman–Crippen MR) is 135 cm³/mol. The number of nitrogens with one attached hydrogen (secondary N) is 3. The number of thiocarbonyl (C=S) groups is 1. The summed E-state index contributed by atoms with van der Waals surface area (Å²) in [6.07, 6.45) is -0.0928. The Bertz CT molecular complexity index is 1290. The van der Waals surface area contributed by atoms with Crippen LogP contribution in [0.1, 0.15) is 35.6 Å². The van der Waals surface area contributed by atoms with Gasteiger partial charge in [-0.2, -0.15) is 0 Å². The maximum absolute atomic E-state index is 12.7. The van der Waals surface area contributed by atoms with Crippen LogP contribution >= 0.6 is 12.2 Å². The molecule has 0 fully saturated rings. The molecule has 1 heterocycles. The molecule has 11 heteroatoms. The van der Waals surface area contributed by atoms with E-state index in [9.17, 15) is 13.2 Å². The van der Waals surface area contributed by atoms with Gasteiger partial charge in [0.05, 0.1) is 16.6 Å². The summed E-state index contributed by atoms with van der Waals surface area (Å²) in [7, 11) is -3.88. The van der Waals surface area contributed by atoms with Gasteiger partial charge in [0.15, 0.2) is 5.11 Å². The van der Waals surface area contributed by atoms with Crippen LogP contribution in [0.25, 0.3) is 0 Å². The third-order valence-corrected chi connectivity index (χ3v) is 5.90. The number of amides is 1. The Kier molecular flexibility index (Phi) is 7.79. The molecule has 34 heavy (non-hydrogen) atoms. The summed E-state index contributed by atoms with van der Waals surface area (Å²) in [5, 5.41) is 5.52. The Balaban J connectivity index is 1.65. The summed E-state index contributed by atoms with van der Waals surface area (Å²) in [5.74, 6) is 0.0311. The number of anilines is 2. The second-order valence-corrected chi connectivity index (χ2v) is 9.77. The Labute approximate surface area is 204 Å². The number of sulfonamides is 1. The van der Waals surface area contributed by atoms with E-state index in [4.69, 9.17) is 17.0 Å². The van der Waals surface area contributed by atoms with Crippen LogP contribution in [0, 0.1) is 13.8 Å².